The van der Waals surface area contributed by atoms with E-state index < -0.39 is 0 Å². The van der Waals surface area contributed by atoms with E-state index >= 15 is 0 Å². The van der Waals surface area contributed by atoms with Crippen molar-refractivity contribution < 1.29 is 0 Å². The number of nitrogens with zero attached hydrogens (tertiary/aromatic N) is 1. The lowest BCUT2D eigenvalue weighted by molar-refractivity contribution is 0.736. The SMILES string of the molecule is CCc1c(C)[nH]c(C2(c3ccccc3)CC2)nc1=S. The quantitative estimate of drug-likeness (QED) is 0.851. The molecule has 3 heteroatoms. The maximum atomic E-state index is 5.44. The number of hydrogen-bond donors (Lipinski definition) is 1. The highest BCUT2D eigenvalue weighted by Gasteiger charge is 2.48. The van der Waals surface area contributed by atoms with Crippen LogP contribution in [0, 0.1) is 11.6 Å². The van der Waals surface area contributed by atoms with Crippen molar-refractivity contribution in [1.82, 2.24) is 9.97 Å². The molecule has 1 N–H and O–H groups in total. The normalized spacial score (nSPS) is 16.3. The molecule has 0 aliphatic heterocycles. The van der Waals surface area contributed by atoms with E-state index in [9.17, 15) is 0 Å². The first-order valence-electron chi connectivity index (χ1n) is 6.83. The molecule has 0 bridgehead atoms. The molecule has 3 rings (SSSR count). The fourth-order valence-corrected chi connectivity index (χ4v) is 3.19. The van der Waals surface area contributed by atoms with Crippen LogP contribution < -0.4 is 0 Å². The predicted molar refractivity (Wildman–Crippen MR) is 80.0 cm³/mol. The smallest absolute Gasteiger partial charge is 0.133 e. The number of rotatable bonds is 3. The van der Waals surface area contributed by atoms with Crippen LogP contribution in [0.25, 0.3) is 0 Å². The van der Waals surface area contributed by atoms with Gasteiger partial charge in [0.25, 0.3) is 0 Å². The van der Waals surface area contributed by atoms with Crippen LogP contribution >= 0.6 is 12.2 Å². The van der Waals surface area contributed by atoms with Gasteiger partial charge < -0.3 is 4.98 Å². The van der Waals surface area contributed by atoms with Gasteiger partial charge in [0.05, 0.1) is 5.41 Å². The summed E-state index contributed by atoms with van der Waals surface area (Å²) in [6.07, 6.45) is 3.24. The lowest BCUT2D eigenvalue weighted by Gasteiger charge is -2.17. The van der Waals surface area contributed by atoms with Gasteiger partial charge >= 0.3 is 0 Å². The second-order valence-electron chi connectivity index (χ2n) is 5.30. The van der Waals surface area contributed by atoms with Crippen molar-refractivity contribution in [3.8, 4) is 0 Å². The van der Waals surface area contributed by atoms with Crippen molar-refractivity contribution >= 4 is 12.2 Å². The molecule has 1 heterocycles. The number of benzene rings is 1. The largest absolute Gasteiger partial charge is 0.346 e. The van der Waals surface area contributed by atoms with E-state index in [4.69, 9.17) is 12.2 Å². The topological polar surface area (TPSA) is 28.7 Å². The summed E-state index contributed by atoms with van der Waals surface area (Å²) in [6, 6.07) is 10.6. The summed E-state index contributed by atoms with van der Waals surface area (Å²) in [6.45, 7) is 4.22. The maximum absolute atomic E-state index is 5.44. The van der Waals surface area contributed by atoms with Gasteiger partial charge in [0.2, 0.25) is 0 Å². The molecular weight excluding hydrogens is 252 g/mol. The molecule has 1 aliphatic carbocycles. The Morgan fingerprint density at radius 3 is 2.47 bits per heavy atom. The van der Waals surface area contributed by atoms with Gasteiger partial charge in [0.1, 0.15) is 10.5 Å². The fraction of sp³-hybridized carbons (Fsp3) is 0.375. The molecule has 1 aliphatic rings. The van der Waals surface area contributed by atoms with E-state index in [0.29, 0.717) is 0 Å². The van der Waals surface area contributed by atoms with Crippen LogP contribution in [-0.2, 0) is 11.8 Å². The van der Waals surface area contributed by atoms with Crippen LogP contribution in [0.15, 0.2) is 30.3 Å². The first-order chi connectivity index (χ1) is 9.17. The van der Waals surface area contributed by atoms with Crippen molar-refractivity contribution in [2.24, 2.45) is 0 Å². The third-order valence-electron chi connectivity index (χ3n) is 4.11. The Morgan fingerprint density at radius 2 is 1.95 bits per heavy atom. The monoisotopic (exact) mass is 270 g/mol. The Hall–Kier alpha value is -1.48. The summed E-state index contributed by atoms with van der Waals surface area (Å²) in [5.41, 5.74) is 3.75. The Morgan fingerprint density at radius 1 is 1.26 bits per heavy atom. The second kappa shape index (κ2) is 4.57. The van der Waals surface area contributed by atoms with Gasteiger partial charge in [-0.15, -0.1) is 0 Å². The minimum absolute atomic E-state index is 0.0752. The summed E-state index contributed by atoms with van der Waals surface area (Å²) in [4.78, 5) is 8.17. The molecule has 0 radical (unpaired) electrons. The number of H-pyrrole nitrogens is 1. The van der Waals surface area contributed by atoms with Crippen LogP contribution in [0.5, 0.6) is 0 Å². The Labute approximate surface area is 118 Å². The summed E-state index contributed by atoms with van der Waals surface area (Å²) in [7, 11) is 0. The molecule has 0 spiro atoms. The van der Waals surface area contributed by atoms with Crippen LogP contribution in [0.2, 0.25) is 0 Å². The highest BCUT2D eigenvalue weighted by Crippen LogP contribution is 2.52. The van der Waals surface area contributed by atoms with Crippen LogP contribution in [-0.4, -0.2) is 9.97 Å². The van der Waals surface area contributed by atoms with Gasteiger partial charge in [-0.25, -0.2) is 4.98 Å². The third-order valence-corrected chi connectivity index (χ3v) is 4.45. The molecule has 1 aromatic carbocycles. The highest BCUT2D eigenvalue weighted by molar-refractivity contribution is 7.71. The molecule has 0 amide bonds. The molecule has 1 saturated carbocycles. The summed E-state index contributed by atoms with van der Waals surface area (Å²) >= 11 is 5.44. The van der Waals surface area contributed by atoms with Crippen molar-refractivity contribution in [3.63, 3.8) is 0 Å². The Balaban J connectivity index is 2.11. The number of aromatic nitrogens is 2. The summed E-state index contributed by atoms with van der Waals surface area (Å²) in [5.74, 6) is 1.04. The van der Waals surface area contributed by atoms with Gasteiger partial charge in [-0.2, -0.15) is 0 Å². The van der Waals surface area contributed by atoms with Crippen molar-refractivity contribution in [1.29, 1.82) is 0 Å². The number of aromatic amines is 1. The summed E-state index contributed by atoms with van der Waals surface area (Å²) in [5, 5.41) is 0. The lowest BCUT2D eigenvalue weighted by Crippen LogP contribution is -2.15. The number of aryl methyl sites for hydroxylation is 1. The number of hydrogen-bond acceptors (Lipinski definition) is 2. The summed E-state index contributed by atoms with van der Waals surface area (Å²) < 4.78 is 0.760. The molecule has 19 heavy (non-hydrogen) atoms. The Kier molecular flexibility index (Phi) is 3.02. The first-order valence-corrected chi connectivity index (χ1v) is 7.24. The van der Waals surface area contributed by atoms with Gasteiger partial charge in [-0.1, -0.05) is 49.5 Å². The third kappa shape index (κ3) is 2.02. The maximum Gasteiger partial charge on any atom is 0.133 e. The Bertz CT molecular complexity index is 654. The molecule has 0 saturated heterocycles. The standard InChI is InChI=1S/C16H18N2S/c1-3-13-11(2)17-15(18-14(13)19)16(9-10-16)12-7-5-4-6-8-12/h4-8H,3,9-10H2,1-2H3,(H,17,18,19). The predicted octanol–water partition coefficient (Wildman–Crippen LogP) is 4.09. The van der Waals surface area contributed by atoms with E-state index in [2.05, 4.69) is 54.1 Å². The van der Waals surface area contributed by atoms with Gasteiger partial charge in [-0.3, -0.25) is 0 Å². The van der Waals surface area contributed by atoms with Gasteiger partial charge in [0.15, 0.2) is 0 Å². The highest BCUT2D eigenvalue weighted by atomic mass is 32.1. The van der Waals surface area contributed by atoms with Crippen molar-refractivity contribution in [2.75, 3.05) is 0 Å². The lowest BCUT2D eigenvalue weighted by atomic mass is 9.95. The minimum Gasteiger partial charge on any atom is -0.346 e. The van der Waals surface area contributed by atoms with Crippen molar-refractivity contribution in [2.45, 2.75) is 38.5 Å². The van der Waals surface area contributed by atoms with E-state index in [1.807, 2.05) is 0 Å². The molecule has 1 aromatic heterocycles. The number of nitrogens with one attached hydrogen (secondary N) is 1. The van der Waals surface area contributed by atoms with E-state index in [1.165, 1.54) is 16.8 Å². The van der Waals surface area contributed by atoms with Crippen LogP contribution in [0.3, 0.4) is 0 Å². The van der Waals surface area contributed by atoms with Crippen LogP contribution in [0.1, 0.15) is 42.4 Å². The fourth-order valence-electron chi connectivity index (χ4n) is 2.80. The average molecular weight is 270 g/mol. The minimum atomic E-state index is 0.0752. The molecule has 98 valence electrons. The van der Waals surface area contributed by atoms with Gasteiger partial charge in [0, 0.05) is 11.3 Å². The zero-order chi connectivity index (χ0) is 13.5. The van der Waals surface area contributed by atoms with Gasteiger partial charge in [-0.05, 0) is 31.7 Å². The molecule has 2 aromatic rings. The molecule has 1 fully saturated rings. The zero-order valence-corrected chi connectivity index (χ0v) is 12.2. The zero-order valence-electron chi connectivity index (χ0n) is 11.4. The molecule has 0 atom stereocenters. The van der Waals surface area contributed by atoms with Crippen LogP contribution in [0.4, 0.5) is 0 Å². The van der Waals surface area contributed by atoms with E-state index in [-0.39, 0.29) is 5.41 Å². The first kappa shape index (κ1) is 12.5. The van der Waals surface area contributed by atoms with E-state index in [1.54, 1.807) is 0 Å². The second-order valence-corrected chi connectivity index (χ2v) is 5.68. The van der Waals surface area contributed by atoms with E-state index in [0.717, 1.165) is 29.7 Å². The molecular formula is C16H18N2S. The molecule has 0 unspecified atom stereocenters. The average Bonchev–Trinajstić information content (AvgIpc) is 3.21. The van der Waals surface area contributed by atoms with Crippen molar-refractivity contribution in [3.05, 3.63) is 57.6 Å². The molecule has 2 nitrogen and oxygen atoms in total.